The zero-order valence-electron chi connectivity index (χ0n) is 16.5. The van der Waals surface area contributed by atoms with Crippen molar-refractivity contribution in [1.82, 2.24) is 20.2 Å². The number of nitrogens with one attached hydrogen (secondary N) is 1. The molecule has 0 aliphatic rings. The van der Waals surface area contributed by atoms with Gasteiger partial charge in [-0.05, 0) is 45.8 Å². The summed E-state index contributed by atoms with van der Waals surface area (Å²) in [6.07, 6.45) is 0.945. The van der Waals surface area contributed by atoms with Gasteiger partial charge in [0.05, 0.1) is 0 Å². The van der Waals surface area contributed by atoms with Gasteiger partial charge in [0.1, 0.15) is 12.4 Å². The van der Waals surface area contributed by atoms with Crippen molar-refractivity contribution in [3.8, 4) is 5.75 Å². The summed E-state index contributed by atoms with van der Waals surface area (Å²) in [4.78, 5) is 0. The van der Waals surface area contributed by atoms with E-state index in [0.717, 1.165) is 40.6 Å². The molecule has 4 aromatic rings. The summed E-state index contributed by atoms with van der Waals surface area (Å²) in [6.45, 7) is 3.62. The molecule has 0 fully saturated rings. The third-order valence-electron chi connectivity index (χ3n) is 4.82. The zero-order valence-corrected chi connectivity index (χ0v) is 18.0. The Morgan fingerprint density at radius 1 is 0.967 bits per heavy atom. The number of hydrogen-bond donors (Lipinski definition) is 1. The molecule has 0 aliphatic heterocycles. The van der Waals surface area contributed by atoms with Crippen molar-refractivity contribution in [2.24, 2.45) is 0 Å². The average molecular weight is 442 g/mol. The lowest BCUT2D eigenvalue weighted by molar-refractivity contribution is 0.304. The van der Waals surface area contributed by atoms with Crippen LogP contribution < -0.4 is 10.1 Å². The van der Waals surface area contributed by atoms with Crippen molar-refractivity contribution in [1.29, 1.82) is 0 Å². The largest absolute Gasteiger partial charge is 0.488 e. The van der Waals surface area contributed by atoms with Gasteiger partial charge in [-0.2, -0.15) is 0 Å². The fraction of sp³-hybridized carbons (Fsp3) is 0.227. The topological polar surface area (TPSA) is 64.9 Å². The van der Waals surface area contributed by atoms with Gasteiger partial charge >= 0.3 is 0 Å². The van der Waals surface area contributed by atoms with Crippen LogP contribution in [0.5, 0.6) is 5.75 Å². The number of aryl methyl sites for hydroxylation is 1. The molecule has 1 heterocycles. The van der Waals surface area contributed by atoms with E-state index in [9.17, 15) is 0 Å². The molecule has 0 bridgehead atoms. The van der Waals surface area contributed by atoms with Crippen LogP contribution in [0.25, 0.3) is 10.8 Å². The molecule has 0 saturated carbocycles. The second-order valence-electron chi connectivity index (χ2n) is 6.83. The van der Waals surface area contributed by atoms with Crippen LogP contribution in [0.15, 0.2) is 54.6 Å². The van der Waals surface area contributed by atoms with Crippen molar-refractivity contribution < 1.29 is 4.74 Å². The minimum atomic E-state index is 0.275. The molecule has 0 atom stereocenters. The van der Waals surface area contributed by atoms with Crippen molar-refractivity contribution in [2.75, 3.05) is 5.32 Å². The molecule has 1 N–H and O–H groups in total. The van der Waals surface area contributed by atoms with Crippen LogP contribution in [0.3, 0.4) is 0 Å². The number of halogens is 2. The number of ether oxygens (including phenoxy) is 1. The van der Waals surface area contributed by atoms with E-state index in [1.165, 1.54) is 0 Å². The molecule has 0 saturated heterocycles. The van der Waals surface area contributed by atoms with Gasteiger partial charge in [-0.15, -0.1) is 0 Å². The number of benzene rings is 3. The third-order valence-corrected chi connectivity index (χ3v) is 5.53. The lowest BCUT2D eigenvalue weighted by Crippen LogP contribution is -2.10. The minimum absolute atomic E-state index is 0.275. The maximum Gasteiger partial charge on any atom is 0.243 e. The fourth-order valence-corrected chi connectivity index (χ4v) is 3.82. The number of aromatic nitrogens is 4. The molecule has 4 rings (SSSR count). The maximum atomic E-state index is 6.30. The number of tetrazole rings is 1. The SMILES string of the molecule is CCCn1nnnc1NCc1c(OCc2c(Cl)cccc2Cl)ccc2ccccc12. The Morgan fingerprint density at radius 2 is 1.77 bits per heavy atom. The molecule has 1 aromatic heterocycles. The lowest BCUT2D eigenvalue weighted by atomic mass is 10.0. The van der Waals surface area contributed by atoms with E-state index < -0.39 is 0 Å². The molecule has 8 heteroatoms. The summed E-state index contributed by atoms with van der Waals surface area (Å²) in [6, 6.07) is 17.6. The number of anilines is 1. The molecule has 154 valence electrons. The number of rotatable bonds is 8. The van der Waals surface area contributed by atoms with E-state index in [1.807, 2.05) is 42.5 Å². The van der Waals surface area contributed by atoms with E-state index in [4.69, 9.17) is 27.9 Å². The van der Waals surface area contributed by atoms with E-state index in [1.54, 1.807) is 4.68 Å². The quantitative estimate of drug-likeness (QED) is 0.377. The van der Waals surface area contributed by atoms with E-state index in [2.05, 4.69) is 39.9 Å². The van der Waals surface area contributed by atoms with Gasteiger partial charge in [-0.1, -0.05) is 71.6 Å². The first-order valence-corrected chi connectivity index (χ1v) is 10.5. The van der Waals surface area contributed by atoms with Gasteiger partial charge in [-0.25, -0.2) is 4.68 Å². The lowest BCUT2D eigenvalue weighted by Gasteiger charge is -2.16. The van der Waals surface area contributed by atoms with Crippen molar-refractivity contribution in [2.45, 2.75) is 33.0 Å². The van der Waals surface area contributed by atoms with Gasteiger partial charge in [-0.3, -0.25) is 0 Å². The highest BCUT2D eigenvalue weighted by Crippen LogP contribution is 2.31. The van der Waals surface area contributed by atoms with Crippen molar-refractivity contribution >= 4 is 39.9 Å². The third kappa shape index (κ3) is 4.35. The summed E-state index contributed by atoms with van der Waals surface area (Å²) >= 11 is 12.6. The summed E-state index contributed by atoms with van der Waals surface area (Å²) < 4.78 is 7.93. The first kappa shape index (κ1) is 20.4. The Hall–Kier alpha value is -2.83. The van der Waals surface area contributed by atoms with E-state index in [-0.39, 0.29) is 6.61 Å². The zero-order chi connectivity index (χ0) is 20.9. The molecule has 0 radical (unpaired) electrons. The molecule has 0 amide bonds. The van der Waals surface area contributed by atoms with E-state index in [0.29, 0.717) is 22.5 Å². The number of nitrogens with zero attached hydrogens (tertiary/aromatic N) is 4. The summed E-state index contributed by atoms with van der Waals surface area (Å²) in [5.74, 6) is 1.39. The molecule has 0 spiro atoms. The highest BCUT2D eigenvalue weighted by atomic mass is 35.5. The predicted octanol–water partition coefficient (Wildman–Crippen LogP) is 5.73. The predicted molar refractivity (Wildman–Crippen MR) is 120 cm³/mol. The molecule has 0 unspecified atom stereocenters. The molecule has 30 heavy (non-hydrogen) atoms. The van der Waals surface area contributed by atoms with Gasteiger partial charge in [0, 0.05) is 34.3 Å². The van der Waals surface area contributed by atoms with Gasteiger partial charge in [0.15, 0.2) is 0 Å². The minimum Gasteiger partial charge on any atom is -0.488 e. The van der Waals surface area contributed by atoms with Crippen LogP contribution in [0.2, 0.25) is 10.0 Å². The highest BCUT2D eigenvalue weighted by Gasteiger charge is 2.13. The van der Waals surface area contributed by atoms with Gasteiger partial charge < -0.3 is 10.1 Å². The average Bonchev–Trinajstić information content (AvgIpc) is 3.19. The first-order valence-electron chi connectivity index (χ1n) is 9.73. The second-order valence-corrected chi connectivity index (χ2v) is 7.65. The maximum absolute atomic E-state index is 6.30. The Bertz CT molecular complexity index is 1140. The van der Waals surface area contributed by atoms with Crippen LogP contribution >= 0.6 is 23.2 Å². The van der Waals surface area contributed by atoms with Crippen LogP contribution in [0.4, 0.5) is 5.95 Å². The number of fused-ring (bicyclic) bond motifs is 1. The van der Waals surface area contributed by atoms with Crippen LogP contribution in [-0.2, 0) is 19.7 Å². The second kappa shape index (κ2) is 9.32. The first-order chi connectivity index (χ1) is 14.7. The van der Waals surface area contributed by atoms with Gasteiger partial charge in [0.2, 0.25) is 5.95 Å². The normalized spacial score (nSPS) is 11.0. The number of hydrogen-bond acceptors (Lipinski definition) is 5. The standard InChI is InChI=1S/C22H21Cl2N5O/c1-2-12-29-22(26-27-28-29)25-13-17-16-7-4-3-6-15(16)10-11-21(17)30-14-18-19(23)8-5-9-20(18)24/h3-11H,2,12-14H2,1H3,(H,25,26,28). The Labute approximate surface area is 184 Å². The smallest absolute Gasteiger partial charge is 0.243 e. The van der Waals surface area contributed by atoms with Crippen molar-refractivity contribution in [3.05, 3.63) is 75.8 Å². The van der Waals surface area contributed by atoms with Crippen molar-refractivity contribution in [3.63, 3.8) is 0 Å². The molecule has 6 nitrogen and oxygen atoms in total. The summed E-state index contributed by atoms with van der Waals surface area (Å²) in [5.41, 5.74) is 1.78. The Balaban J connectivity index is 1.63. The fourth-order valence-electron chi connectivity index (χ4n) is 3.31. The van der Waals surface area contributed by atoms with E-state index >= 15 is 0 Å². The van der Waals surface area contributed by atoms with Crippen LogP contribution in [0, 0.1) is 0 Å². The molecule has 3 aromatic carbocycles. The molecule has 0 aliphatic carbocycles. The summed E-state index contributed by atoms with van der Waals surface area (Å²) in [7, 11) is 0. The molecular formula is C22H21Cl2N5O. The molecular weight excluding hydrogens is 421 g/mol. The monoisotopic (exact) mass is 441 g/mol. The van der Waals surface area contributed by atoms with Gasteiger partial charge in [0.25, 0.3) is 0 Å². The van der Waals surface area contributed by atoms with Crippen LogP contribution in [0.1, 0.15) is 24.5 Å². The highest BCUT2D eigenvalue weighted by molar-refractivity contribution is 6.35. The van der Waals surface area contributed by atoms with Crippen LogP contribution in [-0.4, -0.2) is 20.2 Å². The summed E-state index contributed by atoms with van der Waals surface area (Å²) in [5, 5.41) is 18.6. The Kier molecular flexibility index (Phi) is 6.35. The Morgan fingerprint density at radius 3 is 2.57 bits per heavy atom.